The first-order chi connectivity index (χ1) is 5.43. The van der Waals surface area contributed by atoms with Gasteiger partial charge in [0.15, 0.2) is 0 Å². The molecular formula is C9H13BrOSi. The summed E-state index contributed by atoms with van der Waals surface area (Å²) < 4.78 is 1.03. The maximum Gasteiger partial charge on any atom is 0.115 e. The Labute approximate surface area is 82.6 Å². The van der Waals surface area contributed by atoms with Crippen LogP contribution >= 0.6 is 15.9 Å². The van der Waals surface area contributed by atoms with Crippen molar-refractivity contribution in [2.75, 3.05) is 0 Å². The van der Waals surface area contributed by atoms with Gasteiger partial charge in [-0.1, -0.05) is 41.6 Å². The van der Waals surface area contributed by atoms with Crippen molar-refractivity contribution in [2.24, 2.45) is 0 Å². The smallest absolute Gasteiger partial charge is 0.115 e. The summed E-state index contributed by atoms with van der Waals surface area (Å²) in [5.74, 6) is 0.420. The van der Waals surface area contributed by atoms with E-state index in [4.69, 9.17) is 0 Å². The van der Waals surface area contributed by atoms with Crippen LogP contribution in [-0.4, -0.2) is 13.2 Å². The highest BCUT2D eigenvalue weighted by Crippen LogP contribution is 2.19. The van der Waals surface area contributed by atoms with Crippen molar-refractivity contribution in [1.29, 1.82) is 0 Å². The van der Waals surface area contributed by atoms with Gasteiger partial charge in [-0.25, -0.2) is 0 Å². The van der Waals surface area contributed by atoms with Crippen LogP contribution < -0.4 is 5.19 Å². The third-order valence-corrected chi connectivity index (χ3v) is 4.79. The van der Waals surface area contributed by atoms with E-state index < -0.39 is 8.07 Å². The molecule has 0 aliphatic carbocycles. The predicted octanol–water partition coefficient (Wildman–Crippen LogP) is 2.70. The second-order valence-corrected chi connectivity index (χ2v) is 9.74. The van der Waals surface area contributed by atoms with Gasteiger partial charge in [-0.05, 0) is 17.3 Å². The Morgan fingerprint density at radius 2 is 1.83 bits per heavy atom. The second-order valence-electron chi connectivity index (χ2n) is 3.88. The van der Waals surface area contributed by atoms with Crippen molar-refractivity contribution in [3.8, 4) is 5.75 Å². The molecule has 0 heterocycles. The highest BCUT2D eigenvalue weighted by atomic mass is 79.9. The Hall–Kier alpha value is -0.283. The van der Waals surface area contributed by atoms with E-state index in [0.717, 1.165) is 9.66 Å². The zero-order valence-electron chi connectivity index (χ0n) is 7.56. The third kappa shape index (κ3) is 1.90. The molecule has 66 valence electrons. The topological polar surface area (TPSA) is 20.2 Å². The summed E-state index contributed by atoms with van der Waals surface area (Å²) in [4.78, 5) is 0. The summed E-state index contributed by atoms with van der Waals surface area (Å²) in [6.45, 7) is 6.65. The first kappa shape index (κ1) is 9.80. The molecule has 0 aliphatic rings. The lowest BCUT2D eigenvalue weighted by molar-refractivity contribution is 0.479. The monoisotopic (exact) mass is 244 g/mol. The van der Waals surface area contributed by atoms with Gasteiger partial charge >= 0.3 is 0 Å². The van der Waals surface area contributed by atoms with Gasteiger partial charge in [0.2, 0.25) is 0 Å². The number of hydrogen-bond donors (Lipinski definition) is 1. The molecule has 3 heteroatoms. The first-order valence-electron chi connectivity index (χ1n) is 3.91. The fraction of sp³-hybridized carbons (Fsp3) is 0.333. The Morgan fingerprint density at radius 1 is 1.25 bits per heavy atom. The lowest BCUT2D eigenvalue weighted by atomic mass is 10.3. The van der Waals surface area contributed by atoms with Crippen LogP contribution in [0.4, 0.5) is 0 Å². The SMILES string of the molecule is C[Si](C)(C)c1c(O)cccc1Br. The normalized spacial score (nSPS) is 11.7. The minimum absolute atomic E-state index is 0.420. The number of hydrogen-bond acceptors (Lipinski definition) is 1. The van der Waals surface area contributed by atoms with Crippen molar-refractivity contribution in [2.45, 2.75) is 19.6 Å². The first-order valence-corrected chi connectivity index (χ1v) is 8.20. The lowest BCUT2D eigenvalue weighted by Gasteiger charge is -2.19. The van der Waals surface area contributed by atoms with Gasteiger partial charge < -0.3 is 5.11 Å². The van der Waals surface area contributed by atoms with Gasteiger partial charge in [0, 0.05) is 4.47 Å². The third-order valence-electron chi connectivity index (χ3n) is 1.74. The Kier molecular flexibility index (Phi) is 2.63. The molecule has 0 aromatic heterocycles. The Morgan fingerprint density at radius 3 is 2.17 bits per heavy atom. The van der Waals surface area contributed by atoms with E-state index in [1.807, 2.05) is 12.1 Å². The highest BCUT2D eigenvalue weighted by Gasteiger charge is 2.22. The molecule has 1 aromatic carbocycles. The van der Waals surface area contributed by atoms with E-state index in [1.54, 1.807) is 6.07 Å². The average molecular weight is 245 g/mol. The van der Waals surface area contributed by atoms with Crippen molar-refractivity contribution >= 4 is 29.2 Å². The minimum atomic E-state index is -1.42. The molecule has 0 saturated carbocycles. The van der Waals surface area contributed by atoms with Crippen LogP contribution in [-0.2, 0) is 0 Å². The van der Waals surface area contributed by atoms with E-state index >= 15 is 0 Å². The van der Waals surface area contributed by atoms with E-state index in [9.17, 15) is 5.11 Å². The summed E-state index contributed by atoms with van der Waals surface area (Å²) in [6.07, 6.45) is 0. The predicted molar refractivity (Wildman–Crippen MR) is 58.8 cm³/mol. The molecule has 1 nitrogen and oxygen atoms in total. The molecule has 1 aromatic rings. The fourth-order valence-electron chi connectivity index (χ4n) is 1.26. The molecule has 0 saturated heterocycles. The molecule has 12 heavy (non-hydrogen) atoms. The Balaban J connectivity index is 3.31. The standard InChI is InChI=1S/C9H13BrOSi/c1-12(2,3)9-7(10)5-4-6-8(9)11/h4-6,11H,1-3H3. The van der Waals surface area contributed by atoms with Crippen LogP contribution in [0.2, 0.25) is 19.6 Å². The molecule has 0 spiro atoms. The van der Waals surface area contributed by atoms with Crippen LogP contribution in [0.3, 0.4) is 0 Å². The molecule has 0 atom stereocenters. The quantitative estimate of drug-likeness (QED) is 0.754. The summed E-state index contributed by atoms with van der Waals surface area (Å²) >= 11 is 3.46. The van der Waals surface area contributed by atoms with E-state index in [-0.39, 0.29) is 0 Å². The van der Waals surface area contributed by atoms with E-state index in [2.05, 4.69) is 35.6 Å². The van der Waals surface area contributed by atoms with Crippen molar-refractivity contribution in [3.05, 3.63) is 22.7 Å². The minimum Gasteiger partial charge on any atom is -0.508 e. The molecule has 0 unspecified atom stereocenters. The number of halogens is 1. The van der Waals surface area contributed by atoms with Gasteiger partial charge in [-0.3, -0.25) is 0 Å². The number of rotatable bonds is 1. The molecular weight excluding hydrogens is 232 g/mol. The van der Waals surface area contributed by atoms with Gasteiger partial charge in [0.05, 0.1) is 8.07 Å². The molecule has 0 aliphatic heterocycles. The molecule has 0 fully saturated rings. The Bertz CT molecular complexity index is 271. The molecule has 1 rings (SSSR count). The zero-order valence-corrected chi connectivity index (χ0v) is 10.1. The molecule has 0 bridgehead atoms. The van der Waals surface area contributed by atoms with Gasteiger partial charge in [-0.2, -0.15) is 0 Å². The van der Waals surface area contributed by atoms with Crippen LogP contribution in [0.5, 0.6) is 5.75 Å². The summed E-state index contributed by atoms with van der Waals surface area (Å²) in [5, 5.41) is 10.7. The molecule has 0 amide bonds. The lowest BCUT2D eigenvalue weighted by Crippen LogP contribution is -2.38. The van der Waals surface area contributed by atoms with Crippen LogP contribution in [0.15, 0.2) is 22.7 Å². The summed E-state index contributed by atoms with van der Waals surface area (Å²) in [5.41, 5.74) is 0. The van der Waals surface area contributed by atoms with Crippen LogP contribution in [0.1, 0.15) is 0 Å². The summed E-state index contributed by atoms with van der Waals surface area (Å²) in [6, 6.07) is 5.58. The van der Waals surface area contributed by atoms with Crippen LogP contribution in [0.25, 0.3) is 0 Å². The van der Waals surface area contributed by atoms with E-state index in [0.29, 0.717) is 5.75 Å². The van der Waals surface area contributed by atoms with Crippen LogP contribution in [0, 0.1) is 0 Å². The van der Waals surface area contributed by atoms with Gasteiger partial charge in [0.1, 0.15) is 5.75 Å². The number of benzene rings is 1. The number of phenolic OH excluding ortho intramolecular Hbond substituents is 1. The number of aromatic hydroxyl groups is 1. The maximum atomic E-state index is 9.63. The molecule has 0 radical (unpaired) electrons. The largest absolute Gasteiger partial charge is 0.508 e. The van der Waals surface area contributed by atoms with Crippen molar-refractivity contribution in [1.82, 2.24) is 0 Å². The zero-order chi connectivity index (χ0) is 9.35. The highest BCUT2D eigenvalue weighted by molar-refractivity contribution is 9.10. The number of phenols is 1. The second kappa shape index (κ2) is 3.22. The molecule has 1 N–H and O–H groups in total. The average Bonchev–Trinajstić information content (AvgIpc) is 1.82. The van der Waals surface area contributed by atoms with Crippen molar-refractivity contribution < 1.29 is 5.11 Å². The van der Waals surface area contributed by atoms with Gasteiger partial charge in [-0.15, -0.1) is 0 Å². The van der Waals surface area contributed by atoms with E-state index in [1.165, 1.54) is 0 Å². The maximum absolute atomic E-state index is 9.63. The van der Waals surface area contributed by atoms with Gasteiger partial charge in [0.25, 0.3) is 0 Å². The van der Waals surface area contributed by atoms with Crippen molar-refractivity contribution in [3.63, 3.8) is 0 Å². The fourth-order valence-corrected chi connectivity index (χ4v) is 5.05. The summed E-state index contributed by atoms with van der Waals surface area (Å²) in [7, 11) is -1.42.